The van der Waals surface area contributed by atoms with E-state index in [1.165, 1.54) is 6.08 Å². The largest absolute Gasteiger partial charge is 0.480 e. The highest BCUT2D eigenvalue weighted by Crippen LogP contribution is 2.03. The van der Waals surface area contributed by atoms with Crippen LogP contribution in [0.3, 0.4) is 0 Å². The number of rotatable bonds is 12. The third-order valence-corrected chi connectivity index (χ3v) is 3.52. The summed E-state index contributed by atoms with van der Waals surface area (Å²) in [6.45, 7) is 1.92. The molecule has 0 aliphatic rings. The molecule has 0 heterocycles. The molecule has 0 aliphatic carbocycles. The van der Waals surface area contributed by atoms with Crippen LogP contribution >= 0.6 is 0 Å². The van der Waals surface area contributed by atoms with Gasteiger partial charge < -0.3 is 31.1 Å². The number of carboxylic acid groups (broad SMARTS) is 1. The van der Waals surface area contributed by atoms with Gasteiger partial charge in [-0.15, -0.1) is 0 Å². The minimum absolute atomic E-state index is 0.0113. The molecule has 0 aliphatic heterocycles. The Morgan fingerprint density at radius 3 is 2.27 bits per heavy atom. The normalized spacial score (nSPS) is 10.8. The Bertz CT molecular complexity index is 767. The first-order valence-electron chi connectivity index (χ1n) is 8.92. The summed E-state index contributed by atoms with van der Waals surface area (Å²) in [6, 6.07) is 7.78. The molecule has 0 radical (unpaired) electrons. The van der Waals surface area contributed by atoms with Crippen LogP contribution < -0.4 is 21.3 Å². The van der Waals surface area contributed by atoms with E-state index in [4.69, 9.17) is 5.11 Å². The van der Waals surface area contributed by atoms with Crippen LogP contribution in [0.2, 0.25) is 0 Å². The molecule has 4 amide bonds. The highest BCUT2D eigenvalue weighted by Gasteiger charge is 2.22. The van der Waals surface area contributed by atoms with E-state index >= 15 is 0 Å². The predicted octanol–water partition coefficient (Wildman–Crippen LogP) is -1.06. The van der Waals surface area contributed by atoms with Crippen LogP contribution in [0.5, 0.6) is 0 Å². The van der Waals surface area contributed by atoms with E-state index in [1.54, 1.807) is 30.3 Å². The number of amides is 4. The van der Waals surface area contributed by atoms with E-state index in [-0.39, 0.29) is 13.0 Å². The fourth-order valence-corrected chi connectivity index (χ4v) is 2.17. The molecule has 30 heavy (non-hydrogen) atoms. The quantitative estimate of drug-likeness (QED) is 0.269. The zero-order valence-electron chi connectivity index (χ0n) is 16.2. The summed E-state index contributed by atoms with van der Waals surface area (Å²) in [4.78, 5) is 57.9. The standard InChI is InChI=1S/C19H24N4O7/c1-2-8-30-19(29)22-10-15(24)20-11-16(25)23-14(18(28)21-12-17(26)27)9-13-6-4-3-5-7-13/h2-7,14H,1,8-12H2,(H,20,24)(H,21,28)(H,22,29)(H,23,25)(H,26,27)/t14-/m0/s1. The third kappa shape index (κ3) is 10.4. The predicted molar refractivity (Wildman–Crippen MR) is 105 cm³/mol. The minimum Gasteiger partial charge on any atom is -0.480 e. The maximum absolute atomic E-state index is 12.2. The van der Waals surface area contributed by atoms with Gasteiger partial charge in [0.2, 0.25) is 17.7 Å². The van der Waals surface area contributed by atoms with E-state index in [0.717, 1.165) is 5.56 Å². The molecule has 0 spiro atoms. The maximum atomic E-state index is 12.2. The summed E-state index contributed by atoms with van der Waals surface area (Å²) >= 11 is 0. The van der Waals surface area contributed by atoms with Gasteiger partial charge in [0, 0.05) is 6.42 Å². The number of nitrogens with one attached hydrogen (secondary N) is 4. The molecular formula is C19H24N4O7. The van der Waals surface area contributed by atoms with E-state index < -0.39 is 55.5 Å². The van der Waals surface area contributed by atoms with Gasteiger partial charge in [-0.25, -0.2) is 4.79 Å². The van der Waals surface area contributed by atoms with Gasteiger partial charge in [0.15, 0.2) is 0 Å². The van der Waals surface area contributed by atoms with Gasteiger partial charge in [-0.3, -0.25) is 19.2 Å². The molecule has 11 nitrogen and oxygen atoms in total. The van der Waals surface area contributed by atoms with Crippen molar-refractivity contribution < 1.29 is 33.8 Å². The molecule has 5 N–H and O–H groups in total. The molecule has 11 heteroatoms. The molecule has 0 saturated carbocycles. The van der Waals surface area contributed by atoms with E-state index in [1.807, 2.05) is 0 Å². The van der Waals surface area contributed by atoms with Crippen molar-refractivity contribution in [2.24, 2.45) is 0 Å². The van der Waals surface area contributed by atoms with Crippen LogP contribution in [0, 0.1) is 0 Å². The van der Waals surface area contributed by atoms with Crippen LogP contribution in [0.15, 0.2) is 43.0 Å². The lowest BCUT2D eigenvalue weighted by atomic mass is 10.1. The first-order chi connectivity index (χ1) is 14.3. The lowest BCUT2D eigenvalue weighted by Crippen LogP contribution is -2.51. The number of alkyl carbamates (subject to hydrolysis) is 1. The van der Waals surface area contributed by atoms with Crippen molar-refractivity contribution in [3.8, 4) is 0 Å². The summed E-state index contributed by atoms with van der Waals surface area (Å²) in [6.07, 6.45) is 0.679. The zero-order chi connectivity index (χ0) is 22.4. The van der Waals surface area contributed by atoms with Crippen molar-refractivity contribution in [2.45, 2.75) is 12.5 Å². The van der Waals surface area contributed by atoms with Crippen molar-refractivity contribution in [2.75, 3.05) is 26.2 Å². The van der Waals surface area contributed by atoms with Crippen LogP contribution in [-0.2, 0) is 30.3 Å². The first-order valence-corrected chi connectivity index (χ1v) is 8.92. The van der Waals surface area contributed by atoms with Gasteiger partial charge in [0.1, 0.15) is 25.7 Å². The van der Waals surface area contributed by atoms with Gasteiger partial charge in [0.05, 0.1) is 6.54 Å². The zero-order valence-corrected chi connectivity index (χ0v) is 16.2. The minimum atomic E-state index is -1.22. The Hall–Kier alpha value is -3.89. The molecule has 1 aromatic rings. The maximum Gasteiger partial charge on any atom is 0.407 e. The summed E-state index contributed by atoms with van der Waals surface area (Å²) in [5, 5.41) is 17.8. The number of carbonyl (C=O) groups excluding carboxylic acids is 4. The summed E-state index contributed by atoms with van der Waals surface area (Å²) in [7, 11) is 0. The van der Waals surface area contributed by atoms with E-state index in [2.05, 4.69) is 32.6 Å². The van der Waals surface area contributed by atoms with Crippen LogP contribution in [0.1, 0.15) is 5.56 Å². The third-order valence-electron chi connectivity index (χ3n) is 3.52. The van der Waals surface area contributed by atoms with Gasteiger partial charge in [-0.05, 0) is 5.56 Å². The van der Waals surface area contributed by atoms with E-state index in [0.29, 0.717) is 0 Å². The smallest absolute Gasteiger partial charge is 0.407 e. The Kier molecular flexibility index (Phi) is 10.7. The number of carbonyl (C=O) groups is 5. The van der Waals surface area contributed by atoms with Crippen molar-refractivity contribution in [3.63, 3.8) is 0 Å². The second kappa shape index (κ2) is 13.3. The molecule has 1 rings (SSSR count). The number of benzene rings is 1. The van der Waals surface area contributed by atoms with Crippen LogP contribution in [0.4, 0.5) is 4.79 Å². The number of aliphatic carboxylic acids is 1. The average Bonchev–Trinajstić information content (AvgIpc) is 2.73. The van der Waals surface area contributed by atoms with Crippen LogP contribution in [-0.4, -0.2) is 67.2 Å². The lowest BCUT2D eigenvalue weighted by molar-refractivity contribution is -0.138. The summed E-state index contributed by atoms with van der Waals surface area (Å²) in [5.74, 6) is -3.20. The highest BCUT2D eigenvalue weighted by molar-refractivity contribution is 5.92. The molecule has 0 saturated heterocycles. The molecule has 0 fully saturated rings. The highest BCUT2D eigenvalue weighted by atomic mass is 16.5. The molecule has 0 unspecified atom stereocenters. The fourth-order valence-electron chi connectivity index (χ4n) is 2.17. The molecule has 162 valence electrons. The van der Waals surface area contributed by atoms with Crippen molar-refractivity contribution >= 4 is 29.8 Å². The fraction of sp³-hybridized carbons (Fsp3) is 0.316. The van der Waals surface area contributed by atoms with Crippen molar-refractivity contribution in [1.29, 1.82) is 0 Å². The average molecular weight is 420 g/mol. The van der Waals surface area contributed by atoms with Gasteiger partial charge in [-0.1, -0.05) is 43.0 Å². The molecule has 0 aromatic heterocycles. The van der Waals surface area contributed by atoms with E-state index in [9.17, 15) is 24.0 Å². The molecule has 0 bridgehead atoms. The Balaban J connectivity index is 2.54. The topological polar surface area (TPSA) is 163 Å². The Morgan fingerprint density at radius 2 is 1.63 bits per heavy atom. The lowest BCUT2D eigenvalue weighted by Gasteiger charge is -2.18. The summed E-state index contributed by atoms with van der Waals surface area (Å²) in [5.41, 5.74) is 0.750. The number of hydrogen-bond donors (Lipinski definition) is 5. The Labute approximate surface area is 172 Å². The number of hydrogen-bond acceptors (Lipinski definition) is 6. The molecular weight excluding hydrogens is 396 g/mol. The second-order valence-electron chi connectivity index (χ2n) is 5.94. The van der Waals surface area contributed by atoms with Crippen molar-refractivity contribution in [1.82, 2.24) is 21.3 Å². The monoisotopic (exact) mass is 420 g/mol. The second-order valence-corrected chi connectivity index (χ2v) is 5.94. The molecule has 1 atom stereocenters. The summed E-state index contributed by atoms with van der Waals surface area (Å²) < 4.78 is 4.63. The first kappa shape index (κ1) is 24.1. The van der Waals surface area contributed by atoms with Crippen molar-refractivity contribution in [3.05, 3.63) is 48.6 Å². The Morgan fingerprint density at radius 1 is 0.967 bits per heavy atom. The SMILES string of the molecule is C=CCOC(=O)NCC(=O)NCC(=O)N[C@@H](Cc1ccccc1)C(=O)NCC(=O)O. The molecule has 1 aromatic carbocycles. The van der Waals surface area contributed by atoms with Crippen LogP contribution in [0.25, 0.3) is 0 Å². The van der Waals surface area contributed by atoms with Gasteiger partial charge in [0.25, 0.3) is 0 Å². The number of carboxylic acids is 1. The van der Waals surface area contributed by atoms with Gasteiger partial charge in [-0.2, -0.15) is 0 Å². The number of ether oxygens (including phenoxy) is 1. The van der Waals surface area contributed by atoms with Gasteiger partial charge >= 0.3 is 12.1 Å².